The Bertz CT molecular complexity index is 2130. The predicted octanol–water partition coefficient (Wildman–Crippen LogP) is 4.90. The molecule has 7 N–H and O–H groups in total. The fourth-order valence-electron chi connectivity index (χ4n) is 8.53. The minimum absolute atomic E-state index is 0.138. The molecule has 0 spiro atoms. The summed E-state index contributed by atoms with van der Waals surface area (Å²) in [6.07, 6.45) is 3.93. The van der Waals surface area contributed by atoms with E-state index in [2.05, 4.69) is 25.9 Å². The van der Waals surface area contributed by atoms with Gasteiger partial charge in [-0.1, -0.05) is 27.7 Å². The van der Waals surface area contributed by atoms with Crippen molar-refractivity contribution in [2.75, 3.05) is 20.1 Å². The Labute approximate surface area is 333 Å². The van der Waals surface area contributed by atoms with Crippen molar-refractivity contribution in [3.05, 3.63) is 59.2 Å². The lowest BCUT2D eigenvalue weighted by Gasteiger charge is -2.32. The van der Waals surface area contributed by atoms with Gasteiger partial charge in [0.05, 0.1) is 23.5 Å². The number of nitrogens with two attached hydrogens (primary N) is 1. The summed E-state index contributed by atoms with van der Waals surface area (Å²) in [5, 5.41) is 10.4. The Morgan fingerprint density at radius 3 is 1.53 bits per heavy atom. The van der Waals surface area contributed by atoms with Gasteiger partial charge < -0.3 is 41.5 Å². The van der Waals surface area contributed by atoms with E-state index in [0.29, 0.717) is 48.4 Å². The van der Waals surface area contributed by atoms with Crippen molar-refractivity contribution in [1.29, 1.82) is 0 Å². The second-order valence-electron chi connectivity index (χ2n) is 16.7. The Morgan fingerprint density at radius 1 is 0.719 bits per heavy atom. The molecule has 12 nitrogen and oxygen atoms in total. The Kier molecular flexibility index (Phi) is 12.7. The number of likely N-dealkylation sites (N-methyl/N-ethyl adjacent to an activating group) is 1. The van der Waals surface area contributed by atoms with Crippen LogP contribution in [0, 0.1) is 23.5 Å². The van der Waals surface area contributed by atoms with Crippen LogP contribution in [0.5, 0.6) is 0 Å². The van der Waals surface area contributed by atoms with E-state index in [1.807, 2.05) is 37.5 Å². The number of amides is 4. The highest BCUT2D eigenvalue weighted by atomic mass is 19.1. The van der Waals surface area contributed by atoms with E-state index >= 15 is 0 Å². The van der Waals surface area contributed by atoms with Gasteiger partial charge in [0.15, 0.2) is 0 Å². The van der Waals surface area contributed by atoms with Gasteiger partial charge in [-0.3, -0.25) is 19.2 Å². The van der Waals surface area contributed by atoms with Gasteiger partial charge in [0.2, 0.25) is 23.6 Å². The third kappa shape index (κ3) is 8.72. The zero-order valence-corrected chi connectivity index (χ0v) is 34.1. The summed E-state index contributed by atoms with van der Waals surface area (Å²) < 4.78 is 29.6. The second kappa shape index (κ2) is 17.4. The number of hydrogen-bond donors (Lipinski definition) is 6. The molecule has 2 saturated heterocycles. The van der Waals surface area contributed by atoms with Crippen LogP contribution in [-0.4, -0.2) is 99.8 Å². The number of benzene rings is 2. The maximum atomic E-state index is 14.8. The average Bonchev–Trinajstić information content (AvgIpc) is 3.97. The molecule has 4 amide bonds. The molecular formula is C43H58F2N8O4. The lowest BCUT2D eigenvalue weighted by atomic mass is 9.94. The van der Waals surface area contributed by atoms with Crippen LogP contribution in [0.25, 0.3) is 33.2 Å². The second-order valence-corrected chi connectivity index (χ2v) is 16.7. The standard InChI is InChI=1S/C43H58F2N8O4/c1-22(2)36(50-40(54)24(5)46)42(56)52-16-8-10-28(52)20-32-30-14-12-26(44)18-34(30)48-38(32)39-33(31-15-13-27(45)19-35(31)49-39)21-29-11-9-17-53(29)43(57)37(23(3)4)51-41(55)25(6)47-7/h12-15,18-19,22-25,28-29,36-37,47-49H,8-11,16-17,20-21,46H2,1-7H3,(H,50,54)(H,51,55)/t24-,25-,28-,29-,36-,37-/m0/s1. The zero-order valence-electron chi connectivity index (χ0n) is 34.1. The molecule has 2 aromatic heterocycles. The lowest BCUT2D eigenvalue weighted by Crippen LogP contribution is -2.55. The molecular weight excluding hydrogens is 731 g/mol. The number of aromatic amines is 2. The summed E-state index contributed by atoms with van der Waals surface area (Å²) in [6.45, 7) is 12.0. The summed E-state index contributed by atoms with van der Waals surface area (Å²) >= 11 is 0. The highest BCUT2D eigenvalue weighted by Gasteiger charge is 2.39. The van der Waals surface area contributed by atoms with Crippen LogP contribution in [0.3, 0.4) is 0 Å². The Morgan fingerprint density at radius 2 is 1.14 bits per heavy atom. The van der Waals surface area contributed by atoms with E-state index in [0.717, 1.165) is 47.6 Å². The third-order valence-corrected chi connectivity index (χ3v) is 11.9. The van der Waals surface area contributed by atoms with Crippen molar-refractivity contribution in [3.8, 4) is 11.4 Å². The first kappa shape index (κ1) is 41.8. The average molecular weight is 789 g/mol. The first-order valence-electron chi connectivity index (χ1n) is 20.3. The predicted molar refractivity (Wildman–Crippen MR) is 218 cm³/mol. The molecule has 14 heteroatoms. The molecule has 0 bridgehead atoms. The molecule has 6 rings (SSSR count). The summed E-state index contributed by atoms with van der Waals surface area (Å²) in [5.41, 5.74) is 10.2. The number of carbonyl (C=O) groups is 4. The first-order chi connectivity index (χ1) is 27.1. The number of carbonyl (C=O) groups excluding carboxylic acids is 4. The number of likely N-dealkylation sites (tertiary alicyclic amines) is 2. The van der Waals surface area contributed by atoms with Crippen molar-refractivity contribution in [2.24, 2.45) is 17.6 Å². The van der Waals surface area contributed by atoms with Gasteiger partial charge in [-0.05, 0) is 119 Å². The summed E-state index contributed by atoms with van der Waals surface area (Å²) in [5.74, 6) is -2.07. The minimum atomic E-state index is -0.763. The number of aromatic nitrogens is 2. The maximum Gasteiger partial charge on any atom is 0.245 e. The van der Waals surface area contributed by atoms with Crippen LogP contribution in [0.4, 0.5) is 8.78 Å². The molecule has 2 aromatic carbocycles. The van der Waals surface area contributed by atoms with Crippen LogP contribution in [0.2, 0.25) is 0 Å². The molecule has 2 aliphatic rings. The van der Waals surface area contributed by atoms with E-state index in [1.165, 1.54) is 24.3 Å². The number of nitrogens with zero attached hydrogens (tertiary/aromatic N) is 2. The molecule has 57 heavy (non-hydrogen) atoms. The van der Waals surface area contributed by atoms with Gasteiger partial charge in [0.1, 0.15) is 23.7 Å². The van der Waals surface area contributed by atoms with Crippen molar-refractivity contribution in [1.82, 2.24) is 35.7 Å². The maximum absolute atomic E-state index is 14.8. The zero-order chi connectivity index (χ0) is 41.3. The number of nitrogens with one attached hydrogen (secondary N) is 5. The fourth-order valence-corrected chi connectivity index (χ4v) is 8.53. The molecule has 6 atom stereocenters. The van der Waals surface area contributed by atoms with Crippen molar-refractivity contribution < 1.29 is 28.0 Å². The minimum Gasteiger partial charge on any atom is -0.353 e. The van der Waals surface area contributed by atoms with Crippen molar-refractivity contribution in [3.63, 3.8) is 0 Å². The van der Waals surface area contributed by atoms with Crippen LogP contribution >= 0.6 is 0 Å². The van der Waals surface area contributed by atoms with Crippen LogP contribution < -0.4 is 21.7 Å². The van der Waals surface area contributed by atoms with E-state index in [9.17, 15) is 28.0 Å². The SMILES string of the molecule is CN[C@@H](C)C(=O)N[C@H](C(=O)N1CCC[C@H]1Cc1c(-c2[nH]c3cc(F)ccc3c2C[C@@H]2CCCN2C(=O)[C@@H](NC(=O)[C@H](C)N)C(C)C)[nH]c2cc(F)ccc12)C(C)C. The third-order valence-electron chi connectivity index (χ3n) is 11.9. The molecule has 308 valence electrons. The van der Waals surface area contributed by atoms with Crippen molar-refractivity contribution in [2.45, 2.75) is 116 Å². The number of halogens is 2. The Balaban J connectivity index is 1.39. The van der Waals surface area contributed by atoms with E-state index < -0.39 is 41.7 Å². The summed E-state index contributed by atoms with van der Waals surface area (Å²) in [7, 11) is 1.70. The molecule has 2 fully saturated rings. The quantitative estimate of drug-likeness (QED) is 0.106. The normalized spacial score (nSPS) is 19.4. The molecule has 4 heterocycles. The van der Waals surface area contributed by atoms with Gasteiger partial charge in [-0.2, -0.15) is 0 Å². The smallest absolute Gasteiger partial charge is 0.245 e. The molecule has 2 aliphatic heterocycles. The highest BCUT2D eigenvalue weighted by Crippen LogP contribution is 2.40. The molecule has 0 radical (unpaired) electrons. The van der Waals surface area contributed by atoms with Crippen LogP contribution in [-0.2, 0) is 32.0 Å². The van der Waals surface area contributed by atoms with E-state index in [4.69, 9.17) is 5.73 Å². The fraction of sp³-hybridized carbons (Fsp3) is 0.535. The Hall–Kier alpha value is -4.82. The molecule has 4 aromatic rings. The monoisotopic (exact) mass is 788 g/mol. The van der Waals surface area contributed by atoms with Gasteiger partial charge >= 0.3 is 0 Å². The largest absolute Gasteiger partial charge is 0.353 e. The number of fused-ring (bicyclic) bond motifs is 2. The number of H-pyrrole nitrogens is 2. The van der Waals surface area contributed by atoms with Crippen molar-refractivity contribution >= 4 is 45.4 Å². The van der Waals surface area contributed by atoms with Gasteiger partial charge in [0, 0.05) is 47.0 Å². The number of hydrogen-bond acceptors (Lipinski definition) is 6. The van der Waals surface area contributed by atoms with Crippen LogP contribution in [0.1, 0.15) is 78.4 Å². The molecule has 0 aliphatic carbocycles. The molecule has 0 saturated carbocycles. The van der Waals surface area contributed by atoms with E-state index in [-0.39, 0.29) is 41.6 Å². The van der Waals surface area contributed by atoms with E-state index in [1.54, 1.807) is 33.0 Å². The van der Waals surface area contributed by atoms with Gasteiger partial charge in [-0.25, -0.2) is 8.78 Å². The highest BCUT2D eigenvalue weighted by molar-refractivity contribution is 5.97. The lowest BCUT2D eigenvalue weighted by molar-refractivity contribution is -0.138. The van der Waals surface area contributed by atoms with Gasteiger partial charge in [-0.15, -0.1) is 0 Å². The first-order valence-corrected chi connectivity index (χ1v) is 20.3. The van der Waals surface area contributed by atoms with Crippen LogP contribution in [0.15, 0.2) is 36.4 Å². The van der Waals surface area contributed by atoms with Gasteiger partial charge in [0.25, 0.3) is 0 Å². The summed E-state index contributed by atoms with van der Waals surface area (Å²) in [6, 6.07) is 6.15. The molecule has 0 unspecified atom stereocenters. The summed E-state index contributed by atoms with van der Waals surface area (Å²) in [4.78, 5) is 64.6. The topological polar surface area (TPSA) is 168 Å². The number of rotatable bonds is 14.